The van der Waals surface area contributed by atoms with Gasteiger partial charge in [-0.1, -0.05) is 47.0 Å². The van der Waals surface area contributed by atoms with Gasteiger partial charge in [0.1, 0.15) is 0 Å². The van der Waals surface area contributed by atoms with Gasteiger partial charge in [0, 0.05) is 5.54 Å². The third-order valence-corrected chi connectivity index (χ3v) is 3.81. The minimum atomic E-state index is 0.149. The smallest absolute Gasteiger partial charge is 0.0159 e. The van der Waals surface area contributed by atoms with Crippen molar-refractivity contribution in [3.05, 3.63) is 0 Å². The van der Waals surface area contributed by atoms with Crippen LogP contribution in [0, 0.1) is 11.3 Å². The van der Waals surface area contributed by atoms with Crippen LogP contribution in [0.15, 0.2) is 0 Å². The van der Waals surface area contributed by atoms with Crippen molar-refractivity contribution in [1.82, 2.24) is 0 Å². The molecule has 1 aliphatic carbocycles. The first kappa shape index (κ1) is 13.0. The van der Waals surface area contributed by atoms with Crippen molar-refractivity contribution in [3.63, 3.8) is 0 Å². The van der Waals surface area contributed by atoms with Gasteiger partial charge in [-0.2, -0.15) is 0 Å². The van der Waals surface area contributed by atoms with E-state index in [1.54, 1.807) is 0 Å². The van der Waals surface area contributed by atoms with Crippen molar-refractivity contribution in [2.45, 2.75) is 78.2 Å². The molecule has 0 aromatic carbocycles. The van der Waals surface area contributed by atoms with Crippen molar-refractivity contribution < 1.29 is 0 Å². The Hall–Kier alpha value is -0.0400. The summed E-state index contributed by atoms with van der Waals surface area (Å²) in [6.07, 6.45) is 9.02. The minimum absolute atomic E-state index is 0.149. The Morgan fingerprint density at radius 2 is 1.87 bits per heavy atom. The summed E-state index contributed by atoms with van der Waals surface area (Å²) in [7, 11) is 0. The summed E-state index contributed by atoms with van der Waals surface area (Å²) in [4.78, 5) is 0. The van der Waals surface area contributed by atoms with Gasteiger partial charge in [-0.05, 0) is 37.0 Å². The molecule has 1 rings (SSSR count). The Balaban J connectivity index is 2.37. The van der Waals surface area contributed by atoms with E-state index in [9.17, 15) is 0 Å². The van der Waals surface area contributed by atoms with Crippen LogP contribution in [0.2, 0.25) is 0 Å². The Morgan fingerprint density at radius 3 is 2.40 bits per heavy atom. The summed E-state index contributed by atoms with van der Waals surface area (Å²) < 4.78 is 0. The lowest BCUT2D eigenvalue weighted by Gasteiger charge is -2.43. The van der Waals surface area contributed by atoms with Crippen LogP contribution in [-0.4, -0.2) is 5.54 Å². The summed E-state index contributed by atoms with van der Waals surface area (Å²) >= 11 is 0. The second-order valence-electron chi connectivity index (χ2n) is 6.84. The van der Waals surface area contributed by atoms with E-state index in [-0.39, 0.29) is 5.54 Å². The van der Waals surface area contributed by atoms with Crippen molar-refractivity contribution in [1.29, 1.82) is 0 Å². The standard InChI is InChI=1S/C14H29N/c1-12(2)7-5-9-14(15)10-6-8-13(3,4)11-14/h12H,5-11,15H2,1-4H3. The zero-order valence-electron chi connectivity index (χ0n) is 11.1. The molecule has 0 aromatic heterocycles. The summed E-state index contributed by atoms with van der Waals surface area (Å²) in [5.41, 5.74) is 7.15. The maximum atomic E-state index is 6.52. The van der Waals surface area contributed by atoms with Gasteiger partial charge in [0.25, 0.3) is 0 Å². The zero-order chi connectivity index (χ0) is 11.5. The monoisotopic (exact) mass is 211 g/mol. The number of hydrogen-bond donors (Lipinski definition) is 1. The van der Waals surface area contributed by atoms with Crippen LogP contribution < -0.4 is 5.73 Å². The quantitative estimate of drug-likeness (QED) is 0.744. The molecule has 0 aliphatic heterocycles. The second-order valence-corrected chi connectivity index (χ2v) is 6.84. The van der Waals surface area contributed by atoms with E-state index >= 15 is 0 Å². The molecule has 1 unspecified atom stereocenters. The van der Waals surface area contributed by atoms with Crippen LogP contribution in [-0.2, 0) is 0 Å². The molecule has 0 aromatic rings. The first-order chi connectivity index (χ1) is 6.83. The van der Waals surface area contributed by atoms with Gasteiger partial charge in [-0.3, -0.25) is 0 Å². The van der Waals surface area contributed by atoms with Gasteiger partial charge >= 0.3 is 0 Å². The Bertz CT molecular complexity index is 196. The van der Waals surface area contributed by atoms with Crippen molar-refractivity contribution in [3.8, 4) is 0 Å². The first-order valence-corrected chi connectivity index (χ1v) is 6.62. The minimum Gasteiger partial charge on any atom is -0.325 e. The lowest BCUT2D eigenvalue weighted by molar-refractivity contribution is 0.140. The summed E-state index contributed by atoms with van der Waals surface area (Å²) in [5, 5.41) is 0. The van der Waals surface area contributed by atoms with E-state index in [4.69, 9.17) is 5.73 Å². The fraction of sp³-hybridized carbons (Fsp3) is 1.00. The molecule has 1 fully saturated rings. The molecule has 90 valence electrons. The zero-order valence-corrected chi connectivity index (χ0v) is 11.1. The topological polar surface area (TPSA) is 26.0 Å². The molecule has 1 atom stereocenters. The Kier molecular flexibility index (Phi) is 4.22. The molecule has 1 aliphatic rings. The van der Waals surface area contributed by atoms with E-state index < -0.39 is 0 Å². The highest BCUT2D eigenvalue weighted by Gasteiger charge is 2.36. The van der Waals surface area contributed by atoms with E-state index in [0.29, 0.717) is 5.41 Å². The van der Waals surface area contributed by atoms with Crippen LogP contribution in [0.4, 0.5) is 0 Å². The van der Waals surface area contributed by atoms with Gasteiger partial charge in [-0.15, -0.1) is 0 Å². The molecular formula is C14H29N. The highest BCUT2D eigenvalue weighted by atomic mass is 14.8. The molecule has 1 heteroatoms. The Labute approximate surface area is 95.8 Å². The van der Waals surface area contributed by atoms with E-state index in [1.807, 2.05) is 0 Å². The fourth-order valence-electron chi connectivity index (χ4n) is 3.12. The number of nitrogens with two attached hydrogens (primary N) is 1. The highest BCUT2D eigenvalue weighted by molar-refractivity contribution is 4.94. The molecule has 0 saturated heterocycles. The predicted octanol–water partition coefficient (Wildman–Crippen LogP) is 4.11. The van der Waals surface area contributed by atoms with Gasteiger partial charge in [0.15, 0.2) is 0 Å². The summed E-state index contributed by atoms with van der Waals surface area (Å²) in [6, 6.07) is 0. The average molecular weight is 211 g/mol. The largest absolute Gasteiger partial charge is 0.325 e. The molecular weight excluding hydrogens is 182 g/mol. The summed E-state index contributed by atoms with van der Waals surface area (Å²) in [5.74, 6) is 0.824. The SMILES string of the molecule is CC(C)CCCC1(N)CCCC(C)(C)C1. The first-order valence-electron chi connectivity index (χ1n) is 6.62. The maximum absolute atomic E-state index is 6.52. The molecule has 0 spiro atoms. The third-order valence-electron chi connectivity index (χ3n) is 3.81. The maximum Gasteiger partial charge on any atom is 0.0159 e. The molecule has 0 amide bonds. The number of rotatable bonds is 4. The van der Waals surface area contributed by atoms with Crippen molar-refractivity contribution in [2.75, 3.05) is 0 Å². The van der Waals surface area contributed by atoms with Crippen molar-refractivity contribution in [2.24, 2.45) is 17.1 Å². The summed E-state index contributed by atoms with van der Waals surface area (Å²) in [6.45, 7) is 9.34. The second kappa shape index (κ2) is 4.86. The van der Waals surface area contributed by atoms with E-state index in [1.165, 1.54) is 44.9 Å². The third kappa shape index (κ3) is 4.55. The van der Waals surface area contributed by atoms with Crippen LogP contribution in [0.5, 0.6) is 0 Å². The Morgan fingerprint density at radius 1 is 1.20 bits per heavy atom. The van der Waals surface area contributed by atoms with Crippen LogP contribution >= 0.6 is 0 Å². The normalized spacial score (nSPS) is 30.8. The molecule has 0 bridgehead atoms. The molecule has 0 heterocycles. The van der Waals surface area contributed by atoms with Crippen LogP contribution in [0.1, 0.15) is 72.6 Å². The lowest BCUT2D eigenvalue weighted by Crippen LogP contribution is -2.46. The van der Waals surface area contributed by atoms with E-state index in [0.717, 1.165) is 5.92 Å². The predicted molar refractivity (Wildman–Crippen MR) is 67.9 cm³/mol. The molecule has 1 saturated carbocycles. The van der Waals surface area contributed by atoms with Crippen LogP contribution in [0.3, 0.4) is 0 Å². The van der Waals surface area contributed by atoms with Gasteiger partial charge in [-0.25, -0.2) is 0 Å². The molecule has 1 nitrogen and oxygen atoms in total. The lowest BCUT2D eigenvalue weighted by atomic mass is 9.67. The van der Waals surface area contributed by atoms with Gasteiger partial charge < -0.3 is 5.73 Å². The van der Waals surface area contributed by atoms with Crippen LogP contribution in [0.25, 0.3) is 0 Å². The molecule has 15 heavy (non-hydrogen) atoms. The number of hydrogen-bond acceptors (Lipinski definition) is 1. The molecule has 2 N–H and O–H groups in total. The molecule has 0 radical (unpaired) electrons. The van der Waals surface area contributed by atoms with E-state index in [2.05, 4.69) is 27.7 Å². The van der Waals surface area contributed by atoms with Gasteiger partial charge in [0.2, 0.25) is 0 Å². The highest BCUT2D eigenvalue weighted by Crippen LogP contribution is 2.41. The average Bonchev–Trinajstić information content (AvgIpc) is 1.99. The fourth-order valence-corrected chi connectivity index (χ4v) is 3.12. The van der Waals surface area contributed by atoms with Gasteiger partial charge in [0.05, 0.1) is 0 Å². The van der Waals surface area contributed by atoms with Crippen molar-refractivity contribution >= 4 is 0 Å².